The number of carbonyl (C=O) groups excluding carboxylic acids is 1. The third-order valence-corrected chi connectivity index (χ3v) is 7.87. The maximum Gasteiger partial charge on any atom is 0.208 e. The number of hydrogen-bond acceptors (Lipinski definition) is 7. The molecule has 1 aliphatic rings. The lowest BCUT2D eigenvalue weighted by molar-refractivity contribution is -0.120. The number of nitrogens with zero attached hydrogens (tertiary/aromatic N) is 5. The van der Waals surface area contributed by atoms with Gasteiger partial charge in [-0.3, -0.25) is 19.6 Å². The van der Waals surface area contributed by atoms with E-state index in [1.807, 2.05) is 48.0 Å². The van der Waals surface area contributed by atoms with Crippen molar-refractivity contribution in [1.82, 2.24) is 24.3 Å². The van der Waals surface area contributed by atoms with Crippen molar-refractivity contribution >= 4 is 28.5 Å². The molecule has 222 valence electrons. The molecule has 8 nitrogen and oxygen atoms in total. The molecule has 42 heavy (non-hydrogen) atoms. The summed E-state index contributed by atoms with van der Waals surface area (Å²) < 4.78 is 22.7. The SMILES string of the molecule is CC(C)N1CCN(CC(=O)Cc2cc(Oc3ccc4c(c3)nc(Nc3cc(C(C)(C)C)ccc3F)n4C)ccn2)CC1. The number of rotatable bonds is 9. The third kappa shape index (κ3) is 6.97. The second-order valence-electron chi connectivity index (χ2n) is 12.4. The van der Waals surface area contributed by atoms with Crippen LogP contribution < -0.4 is 10.1 Å². The fourth-order valence-corrected chi connectivity index (χ4v) is 5.26. The molecular weight excluding hydrogens is 531 g/mol. The largest absolute Gasteiger partial charge is 0.457 e. The number of aryl methyl sites for hydroxylation is 1. The summed E-state index contributed by atoms with van der Waals surface area (Å²) in [6, 6.07) is 14.9. The normalized spacial score (nSPS) is 15.0. The van der Waals surface area contributed by atoms with Crippen LogP contribution in [0.3, 0.4) is 0 Å². The summed E-state index contributed by atoms with van der Waals surface area (Å²) in [6.45, 7) is 15.0. The Morgan fingerprint density at radius 1 is 1.02 bits per heavy atom. The number of halogens is 1. The highest BCUT2D eigenvalue weighted by Crippen LogP contribution is 2.31. The van der Waals surface area contributed by atoms with Gasteiger partial charge in [0.1, 0.15) is 17.3 Å². The van der Waals surface area contributed by atoms with E-state index in [2.05, 4.69) is 54.7 Å². The number of benzene rings is 2. The Labute approximate surface area is 247 Å². The zero-order valence-electron chi connectivity index (χ0n) is 25.4. The van der Waals surface area contributed by atoms with Gasteiger partial charge in [0, 0.05) is 57.6 Å². The van der Waals surface area contributed by atoms with E-state index in [0.29, 0.717) is 46.9 Å². The molecule has 0 aliphatic carbocycles. The fourth-order valence-electron chi connectivity index (χ4n) is 5.26. The summed E-state index contributed by atoms with van der Waals surface area (Å²) in [5, 5.41) is 3.16. The van der Waals surface area contributed by atoms with Gasteiger partial charge >= 0.3 is 0 Å². The molecule has 1 saturated heterocycles. The summed E-state index contributed by atoms with van der Waals surface area (Å²) in [7, 11) is 1.89. The first-order chi connectivity index (χ1) is 20.0. The highest BCUT2D eigenvalue weighted by Gasteiger charge is 2.21. The summed E-state index contributed by atoms with van der Waals surface area (Å²) in [5.74, 6) is 1.56. The summed E-state index contributed by atoms with van der Waals surface area (Å²) in [5.41, 5.74) is 3.59. The molecule has 1 N–H and O–H groups in total. The first-order valence-corrected chi connectivity index (χ1v) is 14.6. The molecule has 4 aromatic rings. The highest BCUT2D eigenvalue weighted by molar-refractivity contribution is 5.83. The molecule has 0 radical (unpaired) electrons. The minimum atomic E-state index is -0.334. The van der Waals surface area contributed by atoms with E-state index >= 15 is 0 Å². The molecule has 2 aromatic heterocycles. The van der Waals surface area contributed by atoms with Gasteiger partial charge in [-0.1, -0.05) is 26.8 Å². The van der Waals surface area contributed by atoms with E-state index < -0.39 is 0 Å². The van der Waals surface area contributed by atoms with Gasteiger partial charge in [0.25, 0.3) is 0 Å². The Bertz CT molecular complexity index is 1570. The Hall–Kier alpha value is -3.82. The van der Waals surface area contributed by atoms with Crippen molar-refractivity contribution in [3.8, 4) is 11.5 Å². The standard InChI is InChI=1S/C33H41FN6O2/c1-22(2)40-15-13-39(14-16-40)21-25(41)18-24-19-27(11-12-35-24)42-26-8-10-31-30(20-26)37-32(38(31)6)36-29-17-23(33(3,4)5)7-9-28(29)34/h7-12,17,19-20,22H,13-16,18,21H2,1-6H3,(H,36,37). The van der Waals surface area contributed by atoms with Gasteiger partial charge in [-0.2, -0.15) is 0 Å². The van der Waals surface area contributed by atoms with Crippen molar-refractivity contribution in [3.63, 3.8) is 0 Å². The maximum atomic E-state index is 14.7. The molecule has 0 amide bonds. The van der Waals surface area contributed by atoms with Crippen molar-refractivity contribution in [2.75, 3.05) is 38.0 Å². The molecule has 0 unspecified atom stereocenters. The number of aromatic nitrogens is 3. The first-order valence-electron chi connectivity index (χ1n) is 14.6. The molecular formula is C33H41FN6O2. The van der Waals surface area contributed by atoms with Crippen LogP contribution in [-0.2, 0) is 23.7 Å². The van der Waals surface area contributed by atoms with Crippen LogP contribution in [0.2, 0.25) is 0 Å². The number of piperazine rings is 1. The number of carbonyl (C=O) groups is 1. The van der Waals surface area contributed by atoms with Crippen LogP contribution in [0.15, 0.2) is 54.7 Å². The molecule has 1 aliphatic heterocycles. The maximum absolute atomic E-state index is 14.7. The number of ether oxygens (including phenoxy) is 1. The molecule has 3 heterocycles. The Kier molecular flexibility index (Phi) is 8.61. The zero-order chi connectivity index (χ0) is 30.0. The van der Waals surface area contributed by atoms with Gasteiger partial charge in [0.05, 0.1) is 35.4 Å². The number of imidazole rings is 1. The first kappa shape index (κ1) is 29.7. The van der Waals surface area contributed by atoms with Crippen molar-refractivity contribution in [1.29, 1.82) is 0 Å². The highest BCUT2D eigenvalue weighted by atomic mass is 19.1. The summed E-state index contributed by atoms with van der Waals surface area (Å²) in [6.07, 6.45) is 1.93. The van der Waals surface area contributed by atoms with Crippen molar-refractivity contribution in [2.24, 2.45) is 7.05 Å². The van der Waals surface area contributed by atoms with Crippen LogP contribution in [0.1, 0.15) is 45.9 Å². The Morgan fingerprint density at radius 2 is 1.76 bits per heavy atom. The Morgan fingerprint density at radius 3 is 2.48 bits per heavy atom. The number of anilines is 2. The number of nitrogens with one attached hydrogen (secondary N) is 1. The molecule has 1 fully saturated rings. The van der Waals surface area contributed by atoms with E-state index in [0.717, 1.165) is 37.3 Å². The zero-order valence-corrected chi connectivity index (χ0v) is 25.4. The third-order valence-electron chi connectivity index (χ3n) is 7.87. The lowest BCUT2D eigenvalue weighted by Crippen LogP contribution is -2.50. The van der Waals surface area contributed by atoms with Gasteiger partial charge < -0.3 is 14.6 Å². The van der Waals surface area contributed by atoms with E-state index in [-0.39, 0.29) is 23.4 Å². The number of ketones is 1. The number of hydrogen-bond donors (Lipinski definition) is 1. The van der Waals surface area contributed by atoms with E-state index in [1.54, 1.807) is 12.3 Å². The molecule has 0 spiro atoms. The van der Waals surface area contributed by atoms with Crippen LogP contribution in [0.4, 0.5) is 16.0 Å². The van der Waals surface area contributed by atoms with E-state index in [9.17, 15) is 9.18 Å². The van der Waals surface area contributed by atoms with Crippen LogP contribution in [-0.4, -0.2) is 68.9 Å². The van der Waals surface area contributed by atoms with Crippen LogP contribution in [0, 0.1) is 5.82 Å². The molecule has 2 aromatic carbocycles. The molecule has 0 bridgehead atoms. The predicted molar refractivity (Wildman–Crippen MR) is 165 cm³/mol. The summed E-state index contributed by atoms with van der Waals surface area (Å²) in [4.78, 5) is 26.6. The Balaban J connectivity index is 1.24. The van der Waals surface area contributed by atoms with E-state index in [1.165, 1.54) is 6.07 Å². The second kappa shape index (κ2) is 12.2. The van der Waals surface area contributed by atoms with E-state index in [4.69, 9.17) is 9.72 Å². The lowest BCUT2D eigenvalue weighted by atomic mass is 9.87. The quantitative estimate of drug-likeness (QED) is 0.261. The summed E-state index contributed by atoms with van der Waals surface area (Å²) >= 11 is 0. The number of fused-ring (bicyclic) bond motifs is 1. The predicted octanol–water partition coefficient (Wildman–Crippen LogP) is 6.08. The van der Waals surface area contributed by atoms with Crippen LogP contribution in [0.5, 0.6) is 11.5 Å². The fraction of sp³-hybridized carbons (Fsp3) is 0.424. The monoisotopic (exact) mass is 572 g/mol. The van der Waals surface area contributed by atoms with Gasteiger partial charge in [-0.15, -0.1) is 0 Å². The van der Waals surface area contributed by atoms with Gasteiger partial charge in [-0.25, -0.2) is 9.37 Å². The molecule has 9 heteroatoms. The van der Waals surface area contributed by atoms with Crippen LogP contribution >= 0.6 is 0 Å². The molecule has 0 atom stereocenters. The van der Waals surface area contributed by atoms with Gasteiger partial charge in [0.2, 0.25) is 5.95 Å². The molecule has 5 rings (SSSR count). The number of Topliss-reactive ketones (excluding diaryl/α,β-unsaturated/α-hetero) is 1. The van der Waals surface area contributed by atoms with Crippen molar-refractivity contribution < 1.29 is 13.9 Å². The average Bonchev–Trinajstić information content (AvgIpc) is 3.23. The van der Waals surface area contributed by atoms with Crippen molar-refractivity contribution in [2.45, 2.75) is 52.5 Å². The van der Waals surface area contributed by atoms with Gasteiger partial charge in [-0.05, 0) is 55.2 Å². The average molecular weight is 573 g/mol. The minimum absolute atomic E-state index is 0.105. The smallest absolute Gasteiger partial charge is 0.208 e. The molecule has 0 saturated carbocycles. The topological polar surface area (TPSA) is 75.5 Å². The van der Waals surface area contributed by atoms with Gasteiger partial charge in [0.15, 0.2) is 5.78 Å². The number of pyridine rings is 1. The second-order valence-corrected chi connectivity index (χ2v) is 12.4. The lowest BCUT2D eigenvalue weighted by Gasteiger charge is -2.36. The minimum Gasteiger partial charge on any atom is -0.457 e. The van der Waals surface area contributed by atoms with Crippen molar-refractivity contribution in [3.05, 3.63) is 71.8 Å². The van der Waals surface area contributed by atoms with Crippen LogP contribution in [0.25, 0.3) is 11.0 Å².